The summed E-state index contributed by atoms with van der Waals surface area (Å²) in [5, 5.41) is 25.5. The minimum Gasteiger partial charge on any atom is -0.480 e. The maximum atomic E-state index is 14.7. The summed E-state index contributed by atoms with van der Waals surface area (Å²) in [4.78, 5) is 97.5. The molecule has 5 amide bonds. The van der Waals surface area contributed by atoms with E-state index in [1.807, 2.05) is 55.5 Å². The number of nitrogens with zero attached hydrogens (tertiary/aromatic N) is 2. The molecule has 0 spiro atoms. The van der Waals surface area contributed by atoms with E-state index in [1.54, 1.807) is 19.3 Å². The van der Waals surface area contributed by atoms with Gasteiger partial charge >= 0.3 is 5.97 Å². The van der Waals surface area contributed by atoms with E-state index < -0.39 is 77.7 Å². The lowest BCUT2D eigenvalue weighted by Crippen LogP contribution is -2.61. The van der Waals surface area contributed by atoms with Crippen LogP contribution in [0.5, 0.6) is 0 Å². The van der Waals surface area contributed by atoms with Crippen molar-refractivity contribution < 1.29 is 33.9 Å². The summed E-state index contributed by atoms with van der Waals surface area (Å²) in [6.45, 7) is 4.33. The number of aliphatic carboxylic acids is 1. The molecule has 370 valence electrons. The van der Waals surface area contributed by atoms with Crippen molar-refractivity contribution in [1.29, 1.82) is 0 Å². The number of aromatic nitrogens is 2. The third kappa shape index (κ3) is 16.3. The largest absolute Gasteiger partial charge is 0.480 e. The molecule has 7 atom stereocenters. The van der Waals surface area contributed by atoms with Crippen molar-refractivity contribution in [2.24, 2.45) is 50.3 Å². The zero-order valence-electron chi connectivity index (χ0n) is 38.8. The van der Waals surface area contributed by atoms with Crippen LogP contribution in [-0.2, 0) is 41.6 Å². The van der Waals surface area contributed by atoms with Crippen molar-refractivity contribution in [1.82, 2.24) is 36.6 Å². The van der Waals surface area contributed by atoms with Gasteiger partial charge in [-0.15, -0.1) is 0 Å². The van der Waals surface area contributed by atoms with Crippen LogP contribution in [0.1, 0.15) is 76.3 Å². The molecule has 20 N–H and O–H groups in total. The molecule has 22 nitrogen and oxygen atoms in total. The van der Waals surface area contributed by atoms with E-state index in [1.165, 1.54) is 0 Å². The van der Waals surface area contributed by atoms with E-state index in [2.05, 4.69) is 46.5 Å². The monoisotopic (exact) mass is 944 g/mol. The van der Waals surface area contributed by atoms with E-state index >= 15 is 0 Å². The van der Waals surface area contributed by atoms with Crippen LogP contribution in [0.2, 0.25) is 0 Å². The lowest BCUT2D eigenvalue weighted by Gasteiger charge is -2.29. The van der Waals surface area contributed by atoms with E-state index in [-0.39, 0.29) is 57.1 Å². The summed E-state index contributed by atoms with van der Waals surface area (Å²) in [6, 6.07) is 7.49. The van der Waals surface area contributed by atoms with Crippen molar-refractivity contribution in [3.05, 3.63) is 72.1 Å². The SMILES string of the molecule is CC[C@H](C)[C@H](NC(=O)[C@H](CCCN=C(N)N)NC(=O)[C@@H](N)CCCCN)C(=O)N[C@@H](Cc1c[nH]c2ccccc12)C(=O)N[C@@H](Cc1c[nH]c2ccccc12)C(=O)N[C@@H](CCCN=C(N)N)C(=O)O. The van der Waals surface area contributed by atoms with E-state index in [4.69, 9.17) is 34.4 Å². The summed E-state index contributed by atoms with van der Waals surface area (Å²) < 4.78 is 0. The Morgan fingerprint density at radius 1 is 0.603 bits per heavy atom. The fourth-order valence-electron chi connectivity index (χ4n) is 7.67. The van der Waals surface area contributed by atoms with E-state index in [0.29, 0.717) is 49.8 Å². The molecule has 2 aromatic heterocycles. The van der Waals surface area contributed by atoms with Crippen LogP contribution in [0, 0.1) is 5.92 Å². The number of rotatable bonds is 29. The molecule has 2 heterocycles. The maximum absolute atomic E-state index is 14.7. The Hall–Kier alpha value is -7.20. The van der Waals surface area contributed by atoms with Gasteiger partial charge in [0.2, 0.25) is 29.5 Å². The number of guanidine groups is 2. The van der Waals surface area contributed by atoms with Crippen molar-refractivity contribution in [3.8, 4) is 0 Å². The molecule has 0 aliphatic heterocycles. The Balaban J connectivity index is 1.67. The van der Waals surface area contributed by atoms with Crippen LogP contribution in [0.15, 0.2) is 70.9 Å². The number of amides is 5. The highest BCUT2D eigenvalue weighted by Gasteiger charge is 2.35. The predicted octanol–water partition coefficient (Wildman–Crippen LogP) is -0.447. The topological polar surface area (TPSA) is 395 Å². The van der Waals surface area contributed by atoms with Gasteiger partial charge in [-0.25, -0.2) is 4.79 Å². The Morgan fingerprint density at radius 2 is 1.06 bits per heavy atom. The fraction of sp³-hybridized carbons (Fsp3) is 0.478. The van der Waals surface area contributed by atoms with Gasteiger partial charge < -0.3 is 76.1 Å². The third-order valence-electron chi connectivity index (χ3n) is 11.7. The molecule has 0 bridgehead atoms. The first-order valence-corrected chi connectivity index (χ1v) is 22.9. The second kappa shape index (κ2) is 26.8. The zero-order valence-corrected chi connectivity index (χ0v) is 38.8. The summed E-state index contributed by atoms with van der Waals surface area (Å²) in [5.41, 5.74) is 36.5. The first kappa shape index (κ1) is 53.4. The van der Waals surface area contributed by atoms with Crippen LogP contribution in [0.3, 0.4) is 0 Å². The third-order valence-corrected chi connectivity index (χ3v) is 11.7. The minimum atomic E-state index is -1.35. The van der Waals surface area contributed by atoms with Gasteiger partial charge in [-0.2, -0.15) is 0 Å². The summed E-state index contributed by atoms with van der Waals surface area (Å²) in [7, 11) is 0. The second-order valence-electron chi connectivity index (χ2n) is 16.9. The highest BCUT2D eigenvalue weighted by Crippen LogP contribution is 2.22. The van der Waals surface area contributed by atoms with Gasteiger partial charge in [0.05, 0.1) is 6.04 Å². The Kier molecular flexibility index (Phi) is 21.1. The summed E-state index contributed by atoms with van der Waals surface area (Å²) >= 11 is 0. The lowest BCUT2D eigenvalue weighted by atomic mass is 9.96. The number of hydrogen-bond acceptors (Lipinski definition) is 10. The standard InChI is InChI=1S/C46H69N15O7/c1-3-26(2)38(61-40(63)34(17-10-20-53-45(49)50)57-39(62)31(48)14-8-9-19-47)43(66)60-37(23-28-25-56-33-16-7-5-13-30(28)33)42(65)59-36(22-27-24-55-32-15-6-4-12-29(27)32)41(64)58-35(44(67)68)18-11-21-54-46(51)52/h4-7,12-13,15-16,24-26,31,34-38,55-56H,3,8-11,14,17-23,47-48H2,1-2H3,(H,57,62)(H,58,64)(H,59,65)(H,60,66)(H,61,63)(H,67,68)(H4,49,50,53)(H4,51,52,54)/t26-,31-,34-,35-,36-,37-,38-/m0/s1. The number of H-pyrrole nitrogens is 2. The molecule has 0 fully saturated rings. The van der Waals surface area contributed by atoms with Gasteiger partial charge in [-0.1, -0.05) is 63.1 Å². The van der Waals surface area contributed by atoms with Crippen molar-refractivity contribution in [2.75, 3.05) is 19.6 Å². The number of aliphatic imine (C=N–C) groups is 2. The van der Waals surface area contributed by atoms with Gasteiger partial charge in [0, 0.05) is 60.1 Å². The molecule has 68 heavy (non-hydrogen) atoms. The molecule has 2 aromatic carbocycles. The van der Waals surface area contributed by atoms with Gasteiger partial charge in [-0.05, 0) is 74.2 Å². The fourth-order valence-corrected chi connectivity index (χ4v) is 7.67. The van der Waals surface area contributed by atoms with Gasteiger partial charge in [0.15, 0.2) is 11.9 Å². The average Bonchev–Trinajstić information content (AvgIpc) is 3.92. The normalized spacial score (nSPS) is 14.3. The van der Waals surface area contributed by atoms with Gasteiger partial charge in [0.25, 0.3) is 0 Å². The number of aromatic amines is 2. The van der Waals surface area contributed by atoms with Gasteiger partial charge in [0.1, 0.15) is 30.2 Å². The number of fused-ring (bicyclic) bond motifs is 2. The number of para-hydroxylation sites is 2. The van der Waals surface area contributed by atoms with Crippen LogP contribution in [0.25, 0.3) is 21.8 Å². The molecule has 0 saturated heterocycles. The number of unbranched alkanes of at least 4 members (excludes halogenated alkanes) is 1. The Labute approximate surface area is 395 Å². The predicted molar refractivity (Wildman–Crippen MR) is 261 cm³/mol. The zero-order chi connectivity index (χ0) is 49.8. The summed E-state index contributed by atoms with van der Waals surface area (Å²) in [6.07, 6.45) is 5.96. The lowest BCUT2D eigenvalue weighted by molar-refractivity contribution is -0.142. The van der Waals surface area contributed by atoms with Crippen molar-refractivity contribution in [3.63, 3.8) is 0 Å². The Bertz CT molecular complexity index is 2370. The van der Waals surface area contributed by atoms with Crippen LogP contribution < -0.4 is 61.0 Å². The number of carboxylic acids is 1. The molecule has 0 aliphatic rings. The highest BCUT2D eigenvalue weighted by molar-refractivity contribution is 5.97. The maximum Gasteiger partial charge on any atom is 0.326 e. The molecule has 0 unspecified atom stereocenters. The van der Waals surface area contributed by atoms with E-state index in [0.717, 1.165) is 21.8 Å². The summed E-state index contributed by atoms with van der Waals surface area (Å²) in [5.74, 6) is -5.56. The van der Waals surface area contributed by atoms with Crippen LogP contribution in [-0.4, -0.2) is 118 Å². The second-order valence-corrected chi connectivity index (χ2v) is 16.9. The van der Waals surface area contributed by atoms with Crippen molar-refractivity contribution in [2.45, 2.75) is 114 Å². The smallest absolute Gasteiger partial charge is 0.326 e. The number of nitrogens with one attached hydrogen (secondary N) is 7. The molecule has 4 rings (SSSR count). The first-order valence-electron chi connectivity index (χ1n) is 22.9. The Morgan fingerprint density at radius 3 is 1.54 bits per heavy atom. The van der Waals surface area contributed by atoms with Crippen LogP contribution in [0.4, 0.5) is 0 Å². The number of benzene rings is 2. The molecule has 0 saturated carbocycles. The molecule has 0 radical (unpaired) electrons. The number of carbonyl (C=O) groups excluding carboxylic acids is 5. The molecular formula is C46H69N15O7. The molecule has 22 heteroatoms. The van der Waals surface area contributed by atoms with Crippen LogP contribution >= 0.6 is 0 Å². The number of hydrogen-bond donors (Lipinski definition) is 14. The molecular weight excluding hydrogens is 875 g/mol. The van der Waals surface area contributed by atoms with Crippen molar-refractivity contribution >= 4 is 69.2 Å². The minimum absolute atomic E-state index is 0.0179. The number of carbonyl (C=O) groups is 6. The number of nitrogens with two attached hydrogens (primary N) is 6. The quantitative estimate of drug-likeness (QED) is 0.0187. The molecule has 0 aliphatic carbocycles. The first-order chi connectivity index (χ1) is 32.5. The highest BCUT2D eigenvalue weighted by atomic mass is 16.4. The van der Waals surface area contributed by atoms with Gasteiger partial charge in [-0.3, -0.25) is 34.0 Å². The van der Waals surface area contributed by atoms with E-state index in [9.17, 15) is 33.9 Å². The average molecular weight is 944 g/mol. The molecule has 4 aromatic rings. The number of carboxylic acid groups (broad SMARTS) is 1.